The molecule has 1 fully saturated rings. The molecule has 2 rings (SSSR count). The number of halogens is 1. The Balaban J connectivity index is 2.09. The Morgan fingerprint density at radius 3 is 2.63 bits per heavy atom. The smallest absolute Gasteiger partial charge is 0.256 e. The number of likely N-dealkylation sites (tertiary alicyclic amines) is 1. The van der Waals surface area contributed by atoms with Crippen molar-refractivity contribution in [2.45, 2.75) is 19.8 Å². The Kier molecular flexibility index (Phi) is 3.75. The molecule has 0 bridgehead atoms. The Hall–Kier alpha value is -1.62. The number of amides is 1. The van der Waals surface area contributed by atoms with E-state index in [0.717, 1.165) is 18.9 Å². The highest BCUT2D eigenvalue weighted by Gasteiger charge is 2.31. The maximum Gasteiger partial charge on any atom is 0.256 e. The monoisotopic (exact) mass is 266 g/mol. The first kappa shape index (κ1) is 13.8. The number of carbonyl (C=O) groups excluding carboxylic acids is 1. The summed E-state index contributed by atoms with van der Waals surface area (Å²) in [5.74, 6) is -1.18. The van der Waals surface area contributed by atoms with Crippen LogP contribution in [0.5, 0.6) is 5.75 Å². The molecule has 0 atom stereocenters. The van der Waals surface area contributed by atoms with Crippen LogP contribution in [0.15, 0.2) is 18.2 Å². The van der Waals surface area contributed by atoms with Gasteiger partial charge in [-0.25, -0.2) is 4.39 Å². The zero-order valence-corrected chi connectivity index (χ0v) is 11.0. The van der Waals surface area contributed by atoms with E-state index in [2.05, 4.69) is 6.92 Å². The minimum absolute atomic E-state index is 0.00847. The van der Waals surface area contributed by atoms with Crippen molar-refractivity contribution in [1.29, 1.82) is 0 Å². The highest BCUT2D eigenvalue weighted by atomic mass is 19.1. The van der Waals surface area contributed by atoms with Crippen molar-refractivity contribution in [3.8, 4) is 5.75 Å². The SMILES string of the molecule is CC1(CN)CCN(C(=O)c2ccc(O)cc2F)CC1. The number of hydrogen-bond acceptors (Lipinski definition) is 3. The van der Waals surface area contributed by atoms with Crippen LogP contribution in [0.25, 0.3) is 0 Å². The normalized spacial score (nSPS) is 18.4. The number of phenolic OH excluding ortho intramolecular Hbond substituents is 1. The highest BCUT2D eigenvalue weighted by molar-refractivity contribution is 5.94. The highest BCUT2D eigenvalue weighted by Crippen LogP contribution is 2.30. The van der Waals surface area contributed by atoms with E-state index in [1.54, 1.807) is 4.90 Å². The first-order chi connectivity index (χ1) is 8.95. The van der Waals surface area contributed by atoms with Crippen LogP contribution in [0, 0.1) is 11.2 Å². The number of hydrogen-bond donors (Lipinski definition) is 2. The fraction of sp³-hybridized carbons (Fsp3) is 0.500. The minimum Gasteiger partial charge on any atom is -0.508 e. The van der Waals surface area contributed by atoms with Crippen LogP contribution in [0.4, 0.5) is 4.39 Å². The van der Waals surface area contributed by atoms with Crippen LogP contribution in [0.3, 0.4) is 0 Å². The molecule has 0 aliphatic carbocycles. The van der Waals surface area contributed by atoms with Gasteiger partial charge in [0.15, 0.2) is 0 Å². The van der Waals surface area contributed by atoms with Crippen molar-refractivity contribution < 1.29 is 14.3 Å². The summed E-state index contributed by atoms with van der Waals surface area (Å²) in [7, 11) is 0. The molecule has 1 aliphatic heterocycles. The van der Waals surface area contributed by atoms with Crippen LogP contribution >= 0.6 is 0 Å². The molecule has 4 nitrogen and oxygen atoms in total. The van der Waals surface area contributed by atoms with Gasteiger partial charge in [0.25, 0.3) is 5.91 Å². The lowest BCUT2D eigenvalue weighted by molar-refractivity contribution is 0.0613. The molecule has 1 aliphatic rings. The molecule has 1 saturated heterocycles. The van der Waals surface area contributed by atoms with E-state index in [9.17, 15) is 9.18 Å². The van der Waals surface area contributed by atoms with E-state index in [1.165, 1.54) is 12.1 Å². The second-order valence-electron chi connectivity index (χ2n) is 5.47. The summed E-state index contributed by atoms with van der Waals surface area (Å²) in [4.78, 5) is 13.8. The van der Waals surface area contributed by atoms with Crippen molar-refractivity contribution >= 4 is 5.91 Å². The summed E-state index contributed by atoms with van der Waals surface area (Å²) < 4.78 is 13.6. The summed E-state index contributed by atoms with van der Waals surface area (Å²) in [6.45, 7) is 3.89. The van der Waals surface area contributed by atoms with Crippen LogP contribution < -0.4 is 5.73 Å². The lowest BCUT2D eigenvalue weighted by atomic mass is 9.80. The average molecular weight is 266 g/mol. The molecule has 0 radical (unpaired) electrons. The molecule has 1 aromatic carbocycles. The largest absolute Gasteiger partial charge is 0.508 e. The molecule has 0 aromatic heterocycles. The van der Waals surface area contributed by atoms with Crippen molar-refractivity contribution in [2.24, 2.45) is 11.1 Å². The lowest BCUT2D eigenvalue weighted by Gasteiger charge is -2.38. The van der Waals surface area contributed by atoms with Crippen LogP contribution in [0.2, 0.25) is 0 Å². The second-order valence-corrected chi connectivity index (χ2v) is 5.47. The van der Waals surface area contributed by atoms with Gasteiger partial charge in [-0.2, -0.15) is 0 Å². The average Bonchev–Trinajstić information content (AvgIpc) is 2.39. The molecular weight excluding hydrogens is 247 g/mol. The van der Waals surface area contributed by atoms with E-state index >= 15 is 0 Å². The maximum absolute atomic E-state index is 13.6. The van der Waals surface area contributed by atoms with E-state index in [1.807, 2.05) is 0 Å². The van der Waals surface area contributed by atoms with E-state index in [-0.39, 0.29) is 22.6 Å². The predicted octanol–water partition coefficient (Wildman–Crippen LogP) is 1.73. The molecule has 5 heteroatoms. The van der Waals surface area contributed by atoms with E-state index in [0.29, 0.717) is 19.6 Å². The number of nitrogens with zero attached hydrogens (tertiary/aromatic N) is 1. The van der Waals surface area contributed by atoms with Gasteiger partial charge in [-0.3, -0.25) is 4.79 Å². The maximum atomic E-state index is 13.6. The third-order valence-electron chi connectivity index (χ3n) is 3.93. The zero-order valence-electron chi connectivity index (χ0n) is 11.0. The van der Waals surface area contributed by atoms with Gasteiger partial charge in [0.2, 0.25) is 0 Å². The van der Waals surface area contributed by atoms with Gasteiger partial charge in [-0.15, -0.1) is 0 Å². The van der Waals surface area contributed by atoms with Gasteiger partial charge in [0.05, 0.1) is 5.56 Å². The fourth-order valence-corrected chi connectivity index (χ4v) is 2.30. The Bertz CT molecular complexity index is 482. The molecule has 3 N–H and O–H groups in total. The second kappa shape index (κ2) is 5.17. The molecule has 0 unspecified atom stereocenters. The quantitative estimate of drug-likeness (QED) is 0.856. The standard InChI is InChI=1S/C14H19FN2O2/c1-14(9-16)4-6-17(7-5-14)13(19)11-3-2-10(18)8-12(11)15/h2-3,8,18H,4-7,9,16H2,1H3. The third-order valence-corrected chi connectivity index (χ3v) is 3.93. The molecule has 1 aromatic rings. The van der Waals surface area contributed by atoms with Gasteiger partial charge < -0.3 is 15.7 Å². The number of nitrogens with two attached hydrogens (primary N) is 1. The number of aromatic hydroxyl groups is 1. The number of carbonyl (C=O) groups is 1. The van der Waals surface area contributed by atoms with Crippen LogP contribution in [-0.2, 0) is 0 Å². The van der Waals surface area contributed by atoms with Crippen molar-refractivity contribution in [2.75, 3.05) is 19.6 Å². The molecule has 19 heavy (non-hydrogen) atoms. The number of piperidine rings is 1. The molecule has 1 heterocycles. The van der Waals surface area contributed by atoms with Crippen molar-refractivity contribution in [3.63, 3.8) is 0 Å². The number of rotatable bonds is 2. The summed E-state index contributed by atoms with van der Waals surface area (Å²) in [6, 6.07) is 3.61. The summed E-state index contributed by atoms with van der Waals surface area (Å²) in [5, 5.41) is 9.15. The fourth-order valence-electron chi connectivity index (χ4n) is 2.30. The Morgan fingerprint density at radius 1 is 1.47 bits per heavy atom. The minimum atomic E-state index is -0.683. The summed E-state index contributed by atoms with van der Waals surface area (Å²) in [6.07, 6.45) is 1.66. The van der Waals surface area contributed by atoms with Gasteiger partial charge in [0.1, 0.15) is 11.6 Å². The van der Waals surface area contributed by atoms with Crippen LogP contribution in [-0.4, -0.2) is 35.5 Å². The predicted molar refractivity (Wildman–Crippen MR) is 70.4 cm³/mol. The van der Waals surface area contributed by atoms with Crippen LogP contribution in [0.1, 0.15) is 30.1 Å². The lowest BCUT2D eigenvalue weighted by Crippen LogP contribution is -2.44. The molecule has 104 valence electrons. The Morgan fingerprint density at radius 2 is 2.11 bits per heavy atom. The first-order valence-electron chi connectivity index (χ1n) is 6.43. The topological polar surface area (TPSA) is 66.6 Å². The molecule has 0 saturated carbocycles. The third kappa shape index (κ3) is 2.87. The van der Waals surface area contributed by atoms with Crippen molar-refractivity contribution in [3.05, 3.63) is 29.6 Å². The number of benzene rings is 1. The summed E-state index contributed by atoms with van der Waals surface area (Å²) >= 11 is 0. The van der Waals surface area contributed by atoms with Gasteiger partial charge in [-0.1, -0.05) is 6.92 Å². The Labute approximate surface area is 112 Å². The summed E-state index contributed by atoms with van der Waals surface area (Å²) in [5.41, 5.74) is 5.80. The molecular formula is C14H19FN2O2. The zero-order chi connectivity index (χ0) is 14.0. The van der Waals surface area contributed by atoms with Gasteiger partial charge in [0, 0.05) is 19.2 Å². The number of phenols is 1. The first-order valence-corrected chi connectivity index (χ1v) is 6.43. The van der Waals surface area contributed by atoms with E-state index in [4.69, 9.17) is 10.8 Å². The molecule has 0 spiro atoms. The molecule has 1 amide bonds. The van der Waals surface area contributed by atoms with Gasteiger partial charge in [-0.05, 0) is 36.9 Å². The van der Waals surface area contributed by atoms with Gasteiger partial charge >= 0.3 is 0 Å². The van der Waals surface area contributed by atoms with Crippen molar-refractivity contribution in [1.82, 2.24) is 4.90 Å². The van der Waals surface area contributed by atoms with E-state index < -0.39 is 5.82 Å².